The minimum Gasteiger partial charge on any atom is -0.381 e. The monoisotopic (exact) mass is 406 g/mol. The van der Waals surface area contributed by atoms with Crippen LogP contribution < -0.4 is 0 Å². The summed E-state index contributed by atoms with van der Waals surface area (Å²) in [5, 5.41) is 0. The van der Waals surface area contributed by atoms with E-state index >= 15 is 0 Å². The lowest BCUT2D eigenvalue weighted by Crippen LogP contribution is -2.07. The van der Waals surface area contributed by atoms with E-state index in [2.05, 4.69) is 52.3 Å². The molecule has 0 amide bonds. The summed E-state index contributed by atoms with van der Waals surface area (Å²) in [5.41, 5.74) is 2.26. The zero-order chi connectivity index (χ0) is 14.4. The number of hydrogen-bond acceptors (Lipinski definition) is 2. The van der Waals surface area contributed by atoms with Crippen LogP contribution in [-0.2, 0) is 17.7 Å². The summed E-state index contributed by atoms with van der Waals surface area (Å²) in [6, 6.07) is 6.39. The van der Waals surface area contributed by atoms with Crippen molar-refractivity contribution in [3.8, 4) is 0 Å². The Labute approximate surface area is 138 Å². The highest BCUT2D eigenvalue weighted by Gasteiger charge is 2.10. The molecule has 5 heteroatoms. The maximum atomic E-state index is 5.89. The number of hydrogen-bond donors (Lipinski definition) is 0. The van der Waals surface area contributed by atoms with Crippen LogP contribution in [0.1, 0.15) is 25.6 Å². The molecule has 110 valence electrons. The summed E-state index contributed by atoms with van der Waals surface area (Å²) in [6.45, 7) is 4.71. The van der Waals surface area contributed by atoms with Gasteiger partial charge in [0.2, 0.25) is 0 Å². The minimum atomic E-state index is 0.604. The van der Waals surface area contributed by atoms with E-state index in [0.717, 1.165) is 50.4 Å². The average molecular weight is 407 g/mol. The van der Waals surface area contributed by atoms with Gasteiger partial charge in [0.25, 0.3) is 0 Å². The van der Waals surface area contributed by atoms with E-state index in [9.17, 15) is 0 Å². The highest BCUT2D eigenvalue weighted by Crippen LogP contribution is 2.20. The summed E-state index contributed by atoms with van der Waals surface area (Å²) in [4.78, 5) is 4.71. The van der Waals surface area contributed by atoms with E-state index in [0.29, 0.717) is 5.88 Å². The molecule has 0 unspecified atom stereocenters. The molecule has 0 spiro atoms. The molecule has 3 nitrogen and oxygen atoms in total. The third-order valence-corrected chi connectivity index (χ3v) is 3.99. The van der Waals surface area contributed by atoms with Gasteiger partial charge in [-0.15, -0.1) is 11.6 Å². The molecule has 0 atom stereocenters. The van der Waals surface area contributed by atoms with Crippen molar-refractivity contribution >= 4 is 45.2 Å². The van der Waals surface area contributed by atoms with E-state index in [4.69, 9.17) is 21.3 Å². The average Bonchev–Trinajstić information content (AvgIpc) is 2.76. The van der Waals surface area contributed by atoms with Crippen molar-refractivity contribution in [1.29, 1.82) is 0 Å². The normalized spacial score (nSPS) is 11.3. The zero-order valence-electron chi connectivity index (χ0n) is 11.7. The van der Waals surface area contributed by atoms with Crippen LogP contribution >= 0.6 is 34.2 Å². The SMILES string of the molecule is CCCOCCCn1c(CCCl)nc2cc(I)ccc21. The van der Waals surface area contributed by atoms with Crippen LogP contribution in [0.5, 0.6) is 0 Å². The van der Waals surface area contributed by atoms with E-state index in [1.807, 2.05) is 0 Å². The van der Waals surface area contributed by atoms with Gasteiger partial charge in [-0.3, -0.25) is 0 Å². The Kier molecular flexibility index (Phi) is 6.58. The molecule has 1 aromatic carbocycles. The quantitative estimate of drug-likeness (QED) is 0.372. The second-order valence-corrected chi connectivity index (χ2v) is 6.34. The maximum Gasteiger partial charge on any atom is 0.111 e. The fraction of sp³-hybridized carbons (Fsp3) is 0.533. The largest absolute Gasteiger partial charge is 0.381 e. The van der Waals surface area contributed by atoms with Crippen LogP contribution in [0.2, 0.25) is 0 Å². The fourth-order valence-electron chi connectivity index (χ4n) is 2.25. The predicted molar refractivity (Wildman–Crippen MR) is 92.6 cm³/mol. The topological polar surface area (TPSA) is 27.1 Å². The number of halogens is 2. The first-order valence-corrected chi connectivity index (χ1v) is 8.66. The van der Waals surface area contributed by atoms with Crippen LogP contribution in [0, 0.1) is 3.57 Å². The standard InChI is InChI=1S/C15H20ClIN2O/c1-2-9-20-10-3-8-19-14-5-4-12(17)11-13(14)18-15(19)6-7-16/h4-5,11H,2-3,6-10H2,1H3. The van der Waals surface area contributed by atoms with E-state index < -0.39 is 0 Å². The van der Waals surface area contributed by atoms with Crippen molar-refractivity contribution in [2.24, 2.45) is 0 Å². The molecule has 0 saturated carbocycles. The van der Waals surface area contributed by atoms with Crippen LogP contribution in [0.4, 0.5) is 0 Å². The maximum absolute atomic E-state index is 5.89. The Morgan fingerprint density at radius 2 is 2.20 bits per heavy atom. The summed E-state index contributed by atoms with van der Waals surface area (Å²) >= 11 is 8.21. The molecule has 1 aromatic heterocycles. The van der Waals surface area contributed by atoms with Crippen molar-refractivity contribution in [3.05, 3.63) is 27.6 Å². The molecule has 0 radical (unpaired) electrons. The van der Waals surface area contributed by atoms with Gasteiger partial charge >= 0.3 is 0 Å². The Morgan fingerprint density at radius 3 is 2.95 bits per heavy atom. The predicted octanol–water partition coefficient (Wildman–Crippen LogP) is 4.24. The van der Waals surface area contributed by atoms with Crippen molar-refractivity contribution in [1.82, 2.24) is 9.55 Å². The highest BCUT2D eigenvalue weighted by molar-refractivity contribution is 14.1. The molecular weight excluding hydrogens is 387 g/mol. The van der Waals surface area contributed by atoms with Gasteiger partial charge < -0.3 is 9.30 Å². The van der Waals surface area contributed by atoms with Crippen LogP contribution in [0.3, 0.4) is 0 Å². The van der Waals surface area contributed by atoms with Gasteiger partial charge in [-0.05, 0) is 53.6 Å². The molecule has 2 rings (SSSR count). The third kappa shape index (κ3) is 4.09. The molecule has 1 heterocycles. The Hall–Kier alpha value is -0.330. The Balaban J connectivity index is 2.13. The molecule has 0 fully saturated rings. The zero-order valence-corrected chi connectivity index (χ0v) is 14.7. The van der Waals surface area contributed by atoms with Gasteiger partial charge in [0.1, 0.15) is 5.82 Å². The lowest BCUT2D eigenvalue weighted by molar-refractivity contribution is 0.129. The minimum absolute atomic E-state index is 0.604. The Morgan fingerprint density at radius 1 is 1.35 bits per heavy atom. The number of ether oxygens (including phenoxy) is 1. The third-order valence-electron chi connectivity index (χ3n) is 3.13. The van der Waals surface area contributed by atoms with Crippen molar-refractivity contribution < 1.29 is 4.74 Å². The molecule has 0 aliphatic rings. The second kappa shape index (κ2) is 8.20. The summed E-state index contributed by atoms with van der Waals surface area (Å²) in [7, 11) is 0. The van der Waals surface area contributed by atoms with Crippen molar-refractivity contribution in [2.75, 3.05) is 19.1 Å². The van der Waals surface area contributed by atoms with Crippen LogP contribution in [-0.4, -0.2) is 28.6 Å². The number of imidazole rings is 1. The van der Waals surface area contributed by atoms with Crippen molar-refractivity contribution in [3.63, 3.8) is 0 Å². The van der Waals surface area contributed by atoms with Crippen LogP contribution in [0.15, 0.2) is 18.2 Å². The summed E-state index contributed by atoms with van der Waals surface area (Å²) < 4.78 is 9.04. The number of alkyl halides is 1. The highest BCUT2D eigenvalue weighted by atomic mass is 127. The van der Waals surface area contributed by atoms with Gasteiger partial charge in [0, 0.05) is 35.6 Å². The first-order valence-electron chi connectivity index (χ1n) is 7.04. The van der Waals surface area contributed by atoms with E-state index in [1.54, 1.807) is 0 Å². The number of fused-ring (bicyclic) bond motifs is 1. The molecule has 0 aliphatic heterocycles. The lowest BCUT2D eigenvalue weighted by atomic mass is 10.3. The molecule has 0 N–H and O–H groups in total. The molecule has 0 bridgehead atoms. The second-order valence-electron chi connectivity index (χ2n) is 4.72. The molecule has 0 saturated heterocycles. The molecule has 0 aliphatic carbocycles. The van der Waals surface area contributed by atoms with Gasteiger partial charge in [0.05, 0.1) is 11.0 Å². The van der Waals surface area contributed by atoms with Gasteiger partial charge in [-0.2, -0.15) is 0 Å². The van der Waals surface area contributed by atoms with Crippen molar-refractivity contribution in [2.45, 2.75) is 32.7 Å². The summed E-state index contributed by atoms with van der Waals surface area (Å²) in [5.74, 6) is 1.68. The fourth-order valence-corrected chi connectivity index (χ4v) is 2.89. The summed E-state index contributed by atoms with van der Waals surface area (Å²) in [6.07, 6.45) is 2.89. The number of rotatable bonds is 8. The van der Waals surface area contributed by atoms with E-state index in [1.165, 1.54) is 9.09 Å². The molecule has 2 aromatic rings. The lowest BCUT2D eigenvalue weighted by Gasteiger charge is -2.09. The number of aryl methyl sites for hydroxylation is 2. The van der Waals surface area contributed by atoms with Gasteiger partial charge in [-0.1, -0.05) is 6.92 Å². The number of nitrogens with zero attached hydrogens (tertiary/aromatic N) is 2. The number of aromatic nitrogens is 2. The Bertz CT molecular complexity index is 556. The molecular formula is C15H20ClIN2O. The first kappa shape index (κ1) is 16.0. The van der Waals surface area contributed by atoms with Gasteiger partial charge in [-0.25, -0.2) is 4.98 Å². The first-order chi connectivity index (χ1) is 9.76. The van der Waals surface area contributed by atoms with Crippen LogP contribution in [0.25, 0.3) is 11.0 Å². The van der Waals surface area contributed by atoms with Gasteiger partial charge in [0.15, 0.2) is 0 Å². The van der Waals surface area contributed by atoms with E-state index in [-0.39, 0.29) is 0 Å². The smallest absolute Gasteiger partial charge is 0.111 e. The number of benzene rings is 1. The molecule has 20 heavy (non-hydrogen) atoms.